The number of carbonyl (C=O) groups is 1. The van der Waals surface area contributed by atoms with E-state index in [2.05, 4.69) is 92.1 Å². The molecule has 0 aromatic rings. The lowest BCUT2D eigenvalue weighted by atomic mass is 10.0. The number of nitrogens with one attached hydrogen (secondary N) is 1. The first-order chi connectivity index (χ1) is 33.5. The fourth-order valence-electron chi connectivity index (χ4n) is 7.90. The van der Waals surface area contributed by atoms with E-state index in [9.17, 15) is 19.4 Å². The quantitative estimate of drug-likeness (QED) is 0.0272. The van der Waals surface area contributed by atoms with Gasteiger partial charge in [0.05, 0.1) is 39.9 Å². The van der Waals surface area contributed by atoms with Crippen LogP contribution in [0.1, 0.15) is 239 Å². The summed E-state index contributed by atoms with van der Waals surface area (Å²) >= 11 is 0. The number of quaternary nitrogens is 1. The Morgan fingerprint density at radius 3 is 1.35 bits per heavy atom. The standard InChI is InChI=1S/C60H109N2O6P/c1-6-8-10-12-14-16-18-20-22-24-25-26-27-28-29-30-31-32-33-34-35-36-37-38-40-42-44-46-48-50-52-54-60(64)61-58(57-68-69(65,66)67-56-55-62(3,4)5)59(63)53-51-49-47-45-43-41-39-23-21-19-17-15-13-11-9-7-2/h8,10,14,16,20,22,25-26,28-29,43,45,51,53,58-59,63H,6-7,9,11-13,15,17-19,21,23-24,27,30-42,44,46-50,52,54-57H2,1-5H3,(H-,61,64,65,66)/b10-8-,16-14-,22-20-,26-25-,29-28-,45-43+,53-51+. The number of aliphatic hydroxyl groups excluding tert-OH is 1. The van der Waals surface area contributed by atoms with Gasteiger partial charge in [-0.2, -0.15) is 0 Å². The summed E-state index contributed by atoms with van der Waals surface area (Å²) in [6, 6.07) is -0.907. The number of hydrogen-bond donors (Lipinski definition) is 2. The van der Waals surface area contributed by atoms with Crippen LogP contribution in [-0.4, -0.2) is 68.5 Å². The average Bonchev–Trinajstić information content (AvgIpc) is 3.31. The molecular weight excluding hydrogens is 876 g/mol. The van der Waals surface area contributed by atoms with E-state index >= 15 is 0 Å². The summed E-state index contributed by atoms with van der Waals surface area (Å²) in [7, 11) is 1.24. The van der Waals surface area contributed by atoms with Gasteiger partial charge in [0.2, 0.25) is 5.91 Å². The second-order valence-electron chi connectivity index (χ2n) is 20.3. The van der Waals surface area contributed by atoms with Gasteiger partial charge in [-0.15, -0.1) is 0 Å². The highest BCUT2D eigenvalue weighted by Gasteiger charge is 2.23. The normalized spacial score (nSPS) is 14.6. The van der Waals surface area contributed by atoms with Crippen LogP contribution in [0, 0.1) is 0 Å². The summed E-state index contributed by atoms with van der Waals surface area (Å²) in [5.74, 6) is -0.209. The Hall–Kier alpha value is -2.32. The Morgan fingerprint density at radius 2 is 0.899 bits per heavy atom. The van der Waals surface area contributed by atoms with Crippen molar-refractivity contribution in [2.45, 2.75) is 251 Å². The molecule has 0 aliphatic rings. The van der Waals surface area contributed by atoms with E-state index in [1.165, 1.54) is 148 Å². The molecule has 0 radical (unpaired) electrons. The van der Waals surface area contributed by atoms with E-state index in [0.717, 1.165) is 70.6 Å². The first-order valence-electron chi connectivity index (χ1n) is 28.4. The fourth-order valence-corrected chi connectivity index (χ4v) is 8.62. The third kappa shape index (κ3) is 53.3. The molecule has 1 amide bonds. The number of amides is 1. The average molecular weight is 986 g/mol. The summed E-state index contributed by atoms with van der Waals surface area (Å²) in [5.41, 5.74) is 0. The van der Waals surface area contributed by atoms with Gasteiger partial charge < -0.3 is 28.8 Å². The summed E-state index contributed by atoms with van der Waals surface area (Å²) in [5, 5.41) is 13.8. The van der Waals surface area contributed by atoms with Crippen LogP contribution in [-0.2, 0) is 18.4 Å². The van der Waals surface area contributed by atoms with Crippen molar-refractivity contribution in [3.8, 4) is 0 Å². The number of rotatable bonds is 51. The predicted octanol–water partition coefficient (Wildman–Crippen LogP) is 16.6. The third-order valence-electron chi connectivity index (χ3n) is 12.3. The Labute approximate surface area is 426 Å². The van der Waals surface area contributed by atoms with Crippen LogP contribution in [0.2, 0.25) is 0 Å². The number of nitrogens with zero attached hydrogens (tertiary/aromatic N) is 1. The lowest BCUT2D eigenvalue weighted by Gasteiger charge is -2.29. The molecule has 9 heteroatoms. The maximum atomic E-state index is 13.0. The van der Waals surface area contributed by atoms with E-state index in [-0.39, 0.29) is 12.5 Å². The molecule has 0 aromatic carbocycles. The van der Waals surface area contributed by atoms with Gasteiger partial charge in [-0.1, -0.05) is 240 Å². The largest absolute Gasteiger partial charge is 0.756 e. The zero-order chi connectivity index (χ0) is 50.6. The summed E-state index contributed by atoms with van der Waals surface area (Å²) in [6.07, 6.45) is 70.9. The van der Waals surface area contributed by atoms with Gasteiger partial charge in [-0.05, 0) is 77.0 Å². The van der Waals surface area contributed by atoms with Crippen molar-refractivity contribution in [2.75, 3.05) is 40.9 Å². The molecule has 0 rings (SSSR count). The number of carbonyl (C=O) groups excluding carboxylic acids is 1. The van der Waals surface area contributed by atoms with E-state index in [1.807, 2.05) is 27.2 Å². The molecule has 0 bridgehead atoms. The van der Waals surface area contributed by atoms with Gasteiger partial charge in [0, 0.05) is 6.42 Å². The smallest absolute Gasteiger partial charge is 0.268 e. The Morgan fingerprint density at radius 1 is 0.522 bits per heavy atom. The first kappa shape index (κ1) is 66.7. The molecule has 0 fully saturated rings. The SMILES string of the molecule is CC/C=C\C/C=C\C/C=C\C/C=C\C/C=C\CCCCCCCCCCCCCCCCCC(=O)NC(COP(=O)([O-])OCC[N+](C)(C)C)C(O)/C=C/CC/C=C/CCCCCCCCCCCC. The molecule has 0 heterocycles. The van der Waals surface area contributed by atoms with Gasteiger partial charge in [-0.25, -0.2) is 0 Å². The highest BCUT2D eigenvalue weighted by molar-refractivity contribution is 7.45. The van der Waals surface area contributed by atoms with Crippen molar-refractivity contribution in [3.05, 3.63) is 85.1 Å². The molecule has 0 aromatic heterocycles. The van der Waals surface area contributed by atoms with Gasteiger partial charge in [0.25, 0.3) is 7.82 Å². The Balaban J connectivity index is 4.16. The van der Waals surface area contributed by atoms with E-state index < -0.39 is 26.6 Å². The van der Waals surface area contributed by atoms with Crippen LogP contribution in [0.3, 0.4) is 0 Å². The van der Waals surface area contributed by atoms with Gasteiger partial charge >= 0.3 is 0 Å². The molecule has 8 nitrogen and oxygen atoms in total. The van der Waals surface area contributed by atoms with Crippen LogP contribution in [0.25, 0.3) is 0 Å². The molecular formula is C60H109N2O6P. The molecule has 3 atom stereocenters. The lowest BCUT2D eigenvalue weighted by Crippen LogP contribution is -2.45. The molecule has 0 saturated heterocycles. The Bertz CT molecular complexity index is 1400. The van der Waals surface area contributed by atoms with Crippen molar-refractivity contribution >= 4 is 13.7 Å². The first-order valence-corrected chi connectivity index (χ1v) is 29.9. The molecule has 0 aliphatic heterocycles. The topological polar surface area (TPSA) is 108 Å². The van der Waals surface area contributed by atoms with Gasteiger partial charge in [-0.3, -0.25) is 9.36 Å². The van der Waals surface area contributed by atoms with Crippen molar-refractivity contribution in [3.63, 3.8) is 0 Å². The van der Waals surface area contributed by atoms with E-state index in [4.69, 9.17) is 9.05 Å². The van der Waals surface area contributed by atoms with Crippen LogP contribution >= 0.6 is 7.82 Å². The maximum absolute atomic E-state index is 13.0. The molecule has 0 spiro atoms. The summed E-state index contributed by atoms with van der Waals surface area (Å²) in [4.78, 5) is 25.5. The van der Waals surface area contributed by atoms with Crippen molar-refractivity contribution in [1.29, 1.82) is 0 Å². The van der Waals surface area contributed by atoms with Crippen LogP contribution in [0.5, 0.6) is 0 Å². The number of aliphatic hydroxyl groups is 1. The fraction of sp³-hybridized carbons (Fsp3) is 0.750. The summed E-state index contributed by atoms with van der Waals surface area (Å²) < 4.78 is 23.3. The number of phosphoric acid groups is 1. The molecule has 3 unspecified atom stereocenters. The van der Waals surface area contributed by atoms with Crippen molar-refractivity contribution in [2.24, 2.45) is 0 Å². The molecule has 2 N–H and O–H groups in total. The second kappa shape index (κ2) is 50.6. The second-order valence-corrected chi connectivity index (χ2v) is 21.7. The van der Waals surface area contributed by atoms with Crippen molar-refractivity contribution < 1.29 is 32.9 Å². The molecule has 69 heavy (non-hydrogen) atoms. The minimum absolute atomic E-state index is 0.00879. The minimum atomic E-state index is -4.61. The van der Waals surface area contributed by atoms with Gasteiger partial charge in [0.15, 0.2) is 0 Å². The van der Waals surface area contributed by atoms with E-state index in [1.54, 1.807) is 6.08 Å². The zero-order valence-electron chi connectivity index (χ0n) is 45.5. The Kier molecular flexibility index (Phi) is 48.9. The molecule has 0 saturated carbocycles. The van der Waals surface area contributed by atoms with Crippen LogP contribution < -0.4 is 10.2 Å². The number of phosphoric ester groups is 1. The van der Waals surface area contributed by atoms with Crippen LogP contribution in [0.4, 0.5) is 0 Å². The van der Waals surface area contributed by atoms with E-state index in [0.29, 0.717) is 17.4 Å². The predicted molar refractivity (Wildman–Crippen MR) is 297 cm³/mol. The minimum Gasteiger partial charge on any atom is -0.756 e. The summed E-state index contributed by atoms with van der Waals surface area (Å²) in [6.45, 7) is 4.52. The highest BCUT2D eigenvalue weighted by Crippen LogP contribution is 2.38. The van der Waals surface area contributed by atoms with Crippen molar-refractivity contribution in [1.82, 2.24) is 5.32 Å². The third-order valence-corrected chi connectivity index (χ3v) is 13.3. The number of hydrogen-bond acceptors (Lipinski definition) is 6. The molecule has 400 valence electrons. The van der Waals surface area contributed by atoms with Crippen LogP contribution in [0.15, 0.2) is 85.1 Å². The molecule has 0 aliphatic carbocycles. The number of unbranched alkanes of at least 4 members (excludes halogenated alkanes) is 26. The monoisotopic (exact) mass is 985 g/mol. The zero-order valence-corrected chi connectivity index (χ0v) is 46.4. The lowest BCUT2D eigenvalue weighted by molar-refractivity contribution is -0.870. The number of allylic oxidation sites excluding steroid dienone is 13. The number of likely N-dealkylation sites (N-methyl/N-ethyl adjacent to an activating group) is 1. The maximum Gasteiger partial charge on any atom is 0.268 e. The van der Waals surface area contributed by atoms with Gasteiger partial charge in [0.1, 0.15) is 13.2 Å². The highest BCUT2D eigenvalue weighted by atomic mass is 31.2.